The maximum Gasteiger partial charge on any atom is 0.260 e. The van der Waals surface area contributed by atoms with Gasteiger partial charge < -0.3 is 10.4 Å². The summed E-state index contributed by atoms with van der Waals surface area (Å²) in [5.74, 6) is -0.558. The Labute approximate surface area is 133 Å². The standard InChI is InChI=1S/C16H15Cl2NO2/c1-10-3-8-14(18)13(9-10)16(2,21)15(20)19-12-6-4-11(17)5-7-12/h3-9,21H,1-2H3,(H,19,20). The van der Waals surface area contributed by atoms with Gasteiger partial charge in [-0.2, -0.15) is 0 Å². The van der Waals surface area contributed by atoms with Crippen LogP contribution in [0.2, 0.25) is 10.0 Å². The molecule has 0 radical (unpaired) electrons. The summed E-state index contributed by atoms with van der Waals surface area (Å²) in [7, 11) is 0. The van der Waals surface area contributed by atoms with Gasteiger partial charge in [-0.15, -0.1) is 0 Å². The Morgan fingerprint density at radius 1 is 1.14 bits per heavy atom. The highest BCUT2D eigenvalue weighted by Gasteiger charge is 2.34. The second kappa shape index (κ2) is 6.06. The number of anilines is 1. The number of hydrogen-bond donors (Lipinski definition) is 2. The highest BCUT2D eigenvalue weighted by Crippen LogP contribution is 2.30. The average Bonchev–Trinajstić information content (AvgIpc) is 2.43. The molecule has 0 bridgehead atoms. The lowest BCUT2D eigenvalue weighted by Gasteiger charge is -2.24. The van der Waals surface area contributed by atoms with Crippen LogP contribution in [0.4, 0.5) is 5.69 Å². The molecule has 1 atom stereocenters. The first-order valence-electron chi connectivity index (χ1n) is 6.37. The number of amides is 1. The minimum absolute atomic E-state index is 0.344. The molecule has 3 nitrogen and oxygen atoms in total. The number of aryl methyl sites for hydroxylation is 1. The summed E-state index contributed by atoms with van der Waals surface area (Å²) in [4.78, 5) is 12.3. The summed E-state index contributed by atoms with van der Waals surface area (Å²) in [6.45, 7) is 3.28. The molecular formula is C16H15Cl2NO2. The van der Waals surface area contributed by atoms with Gasteiger partial charge in [-0.05, 0) is 44.2 Å². The van der Waals surface area contributed by atoms with Crippen LogP contribution in [0.25, 0.3) is 0 Å². The second-order valence-electron chi connectivity index (χ2n) is 5.02. The molecule has 0 aliphatic heterocycles. The third kappa shape index (κ3) is 3.56. The van der Waals surface area contributed by atoms with Crippen molar-refractivity contribution < 1.29 is 9.90 Å². The van der Waals surface area contributed by atoms with Crippen molar-refractivity contribution in [1.29, 1.82) is 0 Å². The fraction of sp³-hybridized carbons (Fsp3) is 0.188. The van der Waals surface area contributed by atoms with Gasteiger partial charge in [0.25, 0.3) is 5.91 Å². The molecule has 0 heterocycles. The Hall–Kier alpha value is -1.55. The number of rotatable bonds is 3. The van der Waals surface area contributed by atoms with E-state index in [9.17, 15) is 9.90 Å². The summed E-state index contributed by atoms with van der Waals surface area (Å²) in [5, 5.41) is 14.1. The molecule has 2 rings (SSSR count). The van der Waals surface area contributed by atoms with Crippen molar-refractivity contribution in [3.8, 4) is 0 Å². The van der Waals surface area contributed by atoms with E-state index in [1.165, 1.54) is 6.92 Å². The van der Waals surface area contributed by atoms with Gasteiger partial charge in [0.15, 0.2) is 5.60 Å². The van der Waals surface area contributed by atoms with E-state index in [-0.39, 0.29) is 0 Å². The zero-order valence-electron chi connectivity index (χ0n) is 11.7. The fourth-order valence-corrected chi connectivity index (χ4v) is 2.35. The van der Waals surface area contributed by atoms with Crippen LogP contribution < -0.4 is 5.32 Å². The molecule has 5 heteroatoms. The van der Waals surface area contributed by atoms with Crippen LogP contribution in [0.5, 0.6) is 0 Å². The number of carbonyl (C=O) groups is 1. The van der Waals surface area contributed by atoms with Crippen LogP contribution >= 0.6 is 23.2 Å². The highest BCUT2D eigenvalue weighted by atomic mass is 35.5. The van der Waals surface area contributed by atoms with Crippen molar-refractivity contribution in [2.75, 3.05) is 5.32 Å². The molecule has 1 unspecified atom stereocenters. The molecule has 0 aromatic heterocycles. The summed E-state index contributed by atoms with van der Waals surface area (Å²) in [5.41, 5.74) is 0.0981. The van der Waals surface area contributed by atoms with Crippen LogP contribution in [0.15, 0.2) is 42.5 Å². The molecule has 2 aromatic rings. The Kier molecular flexibility index (Phi) is 4.57. The number of nitrogens with one attached hydrogen (secondary N) is 1. The molecule has 21 heavy (non-hydrogen) atoms. The summed E-state index contributed by atoms with van der Waals surface area (Å²) in [6, 6.07) is 11.8. The predicted molar refractivity (Wildman–Crippen MR) is 85.8 cm³/mol. The molecule has 0 fully saturated rings. The first kappa shape index (κ1) is 15.8. The third-order valence-corrected chi connectivity index (χ3v) is 3.77. The van der Waals surface area contributed by atoms with Crippen LogP contribution in [0, 0.1) is 6.92 Å². The normalized spacial score (nSPS) is 13.6. The summed E-state index contributed by atoms with van der Waals surface area (Å²) < 4.78 is 0. The Balaban J connectivity index is 2.27. The van der Waals surface area contributed by atoms with Crippen molar-refractivity contribution in [2.24, 2.45) is 0 Å². The van der Waals surface area contributed by atoms with Gasteiger partial charge in [-0.1, -0.05) is 40.9 Å². The zero-order valence-corrected chi connectivity index (χ0v) is 13.2. The van der Waals surface area contributed by atoms with Gasteiger partial charge in [0.05, 0.1) is 0 Å². The molecule has 110 valence electrons. The summed E-state index contributed by atoms with van der Waals surface area (Å²) in [6.07, 6.45) is 0. The molecular weight excluding hydrogens is 309 g/mol. The SMILES string of the molecule is Cc1ccc(Cl)c(C(C)(O)C(=O)Nc2ccc(Cl)cc2)c1. The van der Waals surface area contributed by atoms with Crippen molar-refractivity contribution >= 4 is 34.8 Å². The first-order chi connectivity index (χ1) is 9.80. The van der Waals surface area contributed by atoms with E-state index in [0.717, 1.165) is 5.56 Å². The minimum Gasteiger partial charge on any atom is -0.375 e. The van der Waals surface area contributed by atoms with Crippen molar-refractivity contribution in [1.82, 2.24) is 0 Å². The Morgan fingerprint density at radius 3 is 2.38 bits per heavy atom. The Morgan fingerprint density at radius 2 is 1.76 bits per heavy atom. The maximum absolute atomic E-state index is 12.3. The first-order valence-corrected chi connectivity index (χ1v) is 7.12. The minimum atomic E-state index is -1.73. The van der Waals surface area contributed by atoms with Crippen molar-refractivity contribution in [2.45, 2.75) is 19.4 Å². The zero-order chi connectivity index (χ0) is 15.6. The largest absolute Gasteiger partial charge is 0.375 e. The van der Waals surface area contributed by atoms with Crippen LogP contribution in [0.1, 0.15) is 18.1 Å². The molecule has 2 N–H and O–H groups in total. The molecule has 1 amide bonds. The van der Waals surface area contributed by atoms with E-state index < -0.39 is 11.5 Å². The molecule has 0 saturated heterocycles. The number of halogens is 2. The molecule has 0 aliphatic carbocycles. The van der Waals surface area contributed by atoms with E-state index in [1.54, 1.807) is 36.4 Å². The van der Waals surface area contributed by atoms with Crippen LogP contribution in [0.3, 0.4) is 0 Å². The van der Waals surface area contributed by atoms with Gasteiger partial charge in [0.2, 0.25) is 0 Å². The van der Waals surface area contributed by atoms with E-state index in [0.29, 0.717) is 21.3 Å². The number of aliphatic hydroxyl groups is 1. The quantitative estimate of drug-likeness (QED) is 0.891. The smallest absolute Gasteiger partial charge is 0.260 e. The van der Waals surface area contributed by atoms with Gasteiger partial charge in [-0.25, -0.2) is 0 Å². The highest BCUT2D eigenvalue weighted by molar-refractivity contribution is 6.32. The fourth-order valence-electron chi connectivity index (χ4n) is 1.92. The monoisotopic (exact) mass is 323 g/mol. The van der Waals surface area contributed by atoms with E-state index in [2.05, 4.69) is 5.32 Å². The average molecular weight is 324 g/mol. The van der Waals surface area contributed by atoms with Gasteiger partial charge >= 0.3 is 0 Å². The second-order valence-corrected chi connectivity index (χ2v) is 5.86. The van der Waals surface area contributed by atoms with Gasteiger partial charge in [0, 0.05) is 21.3 Å². The number of hydrogen-bond acceptors (Lipinski definition) is 2. The Bertz CT molecular complexity index is 666. The van der Waals surface area contributed by atoms with Crippen LogP contribution in [-0.4, -0.2) is 11.0 Å². The lowest BCUT2D eigenvalue weighted by molar-refractivity contribution is -0.133. The molecule has 0 spiro atoms. The lowest BCUT2D eigenvalue weighted by Crippen LogP contribution is -2.37. The summed E-state index contributed by atoms with van der Waals surface area (Å²) >= 11 is 11.9. The topological polar surface area (TPSA) is 49.3 Å². The van der Waals surface area contributed by atoms with Crippen molar-refractivity contribution in [3.05, 3.63) is 63.6 Å². The number of carbonyl (C=O) groups excluding carboxylic acids is 1. The van der Waals surface area contributed by atoms with Gasteiger partial charge in [-0.3, -0.25) is 4.79 Å². The number of benzene rings is 2. The van der Waals surface area contributed by atoms with Gasteiger partial charge in [0.1, 0.15) is 0 Å². The molecule has 0 aliphatic rings. The molecule has 0 saturated carbocycles. The van der Waals surface area contributed by atoms with E-state index >= 15 is 0 Å². The van der Waals surface area contributed by atoms with Crippen molar-refractivity contribution in [3.63, 3.8) is 0 Å². The van der Waals surface area contributed by atoms with E-state index in [1.807, 2.05) is 13.0 Å². The third-order valence-electron chi connectivity index (χ3n) is 3.19. The van der Waals surface area contributed by atoms with E-state index in [4.69, 9.17) is 23.2 Å². The predicted octanol–water partition coefficient (Wildman–Crippen LogP) is 4.15. The maximum atomic E-state index is 12.3. The van der Waals surface area contributed by atoms with Crippen LogP contribution in [-0.2, 0) is 10.4 Å². The lowest BCUT2D eigenvalue weighted by atomic mass is 9.93. The molecule has 2 aromatic carbocycles.